The largest absolute Gasteiger partial charge is 0.434 e. The van der Waals surface area contributed by atoms with Crippen LogP contribution in [-0.2, 0) is 6.18 Å². The molecule has 174 valence electrons. The minimum Gasteiger partial charge on any atom is -0.355 e. The lowest BCUT2D eigenvalue weighted by atomic mass is 10.0. The summed E-state index contributed by atoms with van der Waals surface area (Å²) in [5.74, 6) is -1.11. The van der Waals surface area contributed by atoms with Crippen molar-refractivity contribution in [2.24, 2.45) is 5.10 Å². The number of aromatic nitrogens is 3. The number of halogens is 6. The van der Waals surface area contributed by atoms with Gasteiger partial charge in [-0.15, -0.1) is 10.6 Å². The van der Waals surface area contributed by atoms with Crippen molar-refractivity contribution in [3.63, 3.8) is 0 Å². The summed E-state index contributed by atoms with van der Waals surface area (Å²) in [7, 11) is 0. The van der Waals surface area contributed by atoms with Crippen LogP contribution in [0.4, 0.5) is 17.6 Å². The number of hydrogen-bond donors (Lipinski definition) is 3. The Morgan fingerprint density at radius 3 is 2.50 bits per heavy atom. The van der Waals surface area contributed by atoms with Gasteiger partial charge in [0.1, 0.15) is 11.5 Å². The van der Waals surface area contributed by atoms with Gasteiger partial charge in [-0.05, 0) is 30.3 Å². The van der Waals surface area contributed by atoms with Gasteiger partial charge < -0.3 is 4.52 Å². The van der Waals surface area contributed by atoms with Crippen molar-refractivity contribution in [3.8, 4) is 28.3 Å². The average Bonchev–Trinajstić information content (AvgIpc) is 3.52. The first-order chi connectivity index (χ1) is 16.3. The fourth-order valence-corrected chi connectivity index (χ4v) is 3.93. The van der Waals surface area contributed by atoms with Gasteiger partial charge in [-0.2, -0.15) is 18.3 Å². The maximum atomic E-state index is 14.7. The Morgan fingerprint density at radius 1 is 1.03 bits per heavy atom. The van der Waals surface area contributed by atoms with Crippen LogP contribution in [-0.4, -0.2) is 20.8 Å². The molecule has 2 aromatic heterocycles. The molecule has 0 unspecified atom stereocenters. The summed E-state index contributed by atoms with van der Waals surface area (Å²) < 4.78 is 63.5. The first-order valence-corrected chi connectivity index (χ1v) is 10.2. The smallest absolute Gasteiger partial charge is 0.355 e. The second-order valence-electron chi connectivity index (χ2n) is 6.95. The zero-order valence-electron chi connectivity index (χ0n) is 16.6. The van der Waals surface area contributed by atoms with Gasteiger partial charge in [-0.1, -0.05) is 40.5 Å². The first kappa shape index (κ1) is 22.2. The molecule has 0 bridgehead atoms. The van der Waals surface area contributed by atoms with Gasteiger partial charge >= 0.3 is 6.18 Å². The molecule has 0 saturated heterocycles. The van der Waals surface area contributed by atoms with Crippen molar-refractivity contribution in [2.75, 3.05) is 0 Å². The molecule has 14 heteroatoms. The van der Waals surface area contributed by atoms with E-state index in [2.05, 4.69) is 31.9 Å². The highest BCUT2D eigenvalue weighted by molar-refractivity contribution is 6.33. The predicted octanol–water partition coefficient (Wildman–Crippen LogP) is 4.93. The molecule has 0 fully saturated rings. The Balaban J connectivity index is 1.78. The summed E-state index contributed by atoms with van der Waals surface area (Å²) in [6.07, 6.45) is -3.90. The van der Waals surface area contributed by atoms with Crippen LogP contribution in [0.1, 0.15) is 11.3 Å². The molecule has 8 nitrogen and oxygen atoms in total. The topological polar surface area (TPSA) is 92.3 Å². The number of benzene rings is 2. The summed E-state index contributed by atoms with van der Waals surface area (Å²) in [6.45, 7) is 0. The summed E-state index contributed by atoms with van der Waals surface area (Å²) in [4.78, 5) is 0. The van der Waals surface area contributed by atoms with Crippen LogP contribution in [0.3, 0.4) is 0 Å². The standard InChI is InChI=1S/C20H11Cl2F4N7O/c21-9-3-1-4-10(7-9)33-18(20(24,25)26)11(8-27-33)17-15(19-28-31-32-29-19)16(30-34-17)14-12(22)5-2-6-13(14)23/h1-8,31-32H,(H,28,29). The molecule has 0 amide bonds. The fourth-order valence-electron chi connectivity index (χ4n) is 3.50. The van der Waals surface area contributed by atoms with Gasteiger partial charge in [0.25, 0.3) is 0 Å². The Morgan fingerprint density at radius 2 is 1.82 bits per heavy atom. The van der Waals surface area contributed by atoms with Gasteiger partial charge in [0.2, 0.25) is 0 Å². The lowest BCUT2D eigenvalue weighted by Crippen LogP contribution is -2.35. The fraction of sp³-hybridized carbons (Fsp3) is 0.0500. The van der Waals surface area contributed by atoms with E-state index in [1.807, 2.05) is 0 Å². The molecule has 2 aromatic carbocycles. The van der Waals surface area contributed by atoms with Crippen molar-refractivity contribution < 1.29 is 22.1 Å². The van der Waals surface area contributed by atoms with Crippen molar-refractivity contribution in [2.45, 2.75) is 6.18 Å². The molecular formula is C20H11Cl2F4N7O. The quantitative estimate of drug-likeness (QED) is 0.336. The normalized spacial score (nSPS) is 13.5. The van der Waals surface area contributed by atoms with E-state index in [1.165, 1.54) is 36.4 Å². The lowest BCUT2D eigenvalue weighted by molar-refractivity contribution is -0.142. The maximum Gasteiger partial charge on any atom is 0.434 e. The van der Waals surface area contributed by atoms with E-state index in [-0.39, 0.29) is 44.1 Å². The molecule has 0 radical (unpaired) electrons. The summed E-state index contributed by atoms with van der Waals surface area (Å²) in [5.41, 5.74) is 5.57. The third-order valence-electron chi connectivity index (χ3n) is 4.87. The molecule has 0 aliphatic carbocycles. The first-order valence-electron chi connectivity index (χ1n) is 9.45. The number of hydrazone groups is 1. The van der Waals surface area contributed by atoms with Gasteiger partial charge in [-0.3, -0.25) is 5.43 Å². The highest BCUT2D eigenvalue weighted by atomic mass is 35.5. The van der Waals surface area contributed by atoms with E-state index in [4.69, 9.17) is 27.7 Å². The summed E-state index contributed by atoms with van der Waals surface area (Å²) in [5, 5.41) is 11.9. The molecule has 1 aliphatic heterocycles. The van der Waals surface area contributed by atoms with Gasteiger partial charge in [0, 0.05) is 5.02 Å². The van der Waals surface area contributed by atoms with Crippen LogP contribution in [0, 0.1) is 5.82 Å². The minimum absolute atomic E-state index is 0.00537. The molecule has 3 heterocycles. The van der Waals surface area contributed by atoms with E-state index >= 15 is 0 Å². The number of nitrogens with zero attached hydrogens (tertiary/aromatic N) is 4. The second kappa shape index (κ2) is 8.31. The van der Waals surface area contributed by atoms with E-state index in [9.17, 15) is 17.6 Å². The lowest BCUT2D eigenvalue weighted by Gasteiger charge is -2.13. The monoisotopic (exact) mass is 511 g/mol. The molecular weight excluding hydrogens is 501 g/mol. The number of alkyl halides is 3. The van der Waals surface area contributed by atoms with Crippen molar-refractivity contribution in [3.05, 3.63) is 75.8 Å². The number of rotatable bonds is 4. The zero-order valence-corrected chi connectivity index (χ0v) is 18.1. The van der Waals surface area contributed by atoms with Crippen molar-refractivity contribution in [1.29, 1.82) is 0 Å². The van der Waals surface area contributed by atoms with Crippen LogP contribution in [0.25, 0.3) is 28.3 Å². The van der Waals surface area contributed by atoms with Crippen molar-refractivity contribution in [1.82, 2.24) is 31.4 Å². The van der Waals surface area contributed by atoms with Crippen LogP contribution in [0.5, 0.6) is 0 Å². The predicted molar refractivity (Wildman–Crippen MR) is 115 cm³/mol. The molecule has 3 N–H and O–H groups in total. The Labute approximate surface area is 198 Å². The van der Waals surface area contributed by atoms with E-state index in [0.717, 1.165) is 12.3 Å². The van der Waals surface area contributed by atoms with Crippen molar-refractivity contribution >= 4 is 29.0 Å². The summed E-state index contributed by atoms with van der Waals surface area (Å²) in [6, 6.07) is 9.69. The van der Waals surface area contributed by atoms with Crippen LogP contribution in [0.2, 0.25) is 10.0 Å². The third-order valence-corrected chi connectivity index (χ3v) is 5.42. The number of nitrogens with one attached hydrogen (secondary N) is 3. The Bertz CT molecular complexity index is 1410. The highest BCUT2D eigenvalue weighted by Crippen LogP contribution is 2.43. The molecule has 4 aromatic rings. The van der Waals surface area contributed by atoms with Crippen LogP contribution in [0.15, 0.2) is 58.3 Å². The number of hydrazine groups is 2. The molecule has 5 rings (SSSR count). The molecule has 0 saturated carbocycles. The average molecular weight is 512 g/mol. The second-order valence-corrected chi connectivity index (χ2v) is 7.79. The van der Waals surface area contributed by atoms with E-state index in [0.29, 0.717) is 4.68 Å². The summed E-state index contributed by atoms with van der Waals surface area (Å²) >= 11 is 12.1. The molecule has 0 spiro atoms. The van der Waals surface area contributed by atoms with Crippen LogP contribution < -0.4 is 16.5 Å². The minimum atomic E-state index is -4.87. The molecule has 1 aliphatic rings. The molecule has 34 heavy (non-hydrogen) atoms. The van der Waals surface area contributed by atoms with E-state index < -0.39 is 23.3 Å². The van der Waals surface area contributed by atoms with Crippen LogP contribution >= 0.6 is 23.2 Å². The number of amidine groups is 1. The van der Waals surface area contributed by atoms with Gasteiger partial charge in [0.05, 0.1) is 33.6 Å². The van der Waals surface area contributed by atoms with Gasteiger partial charge in [0.15, 0.2) is 17.3 Å². The third kappa shape index (κ3) is 3.75. The number of hydrogen-bond acceptors (Lipinski definition) is 7. The Hall–Kier alpha value is -3.61. The van der Waals surface area contributed by atoms with E-state index in [1.54, 1.807) is 0 Å². The zero-order chi connectivity index (χ0) is 24.0. The van der Waals surface area contributed by atoms with Gasteiger partial charge in [-0.25, -0.2) is 14.6 Å². The maximum absolute atomic E-state index is 14.7. The highest BCUT2D eigenvalue weighted by Gasteiger charge is 2.42. The Kier molecular flexibility index (Phi) is 5.42. The SMILES string of the molecule is Fc1cccc(Cl)c1-c1noc(-c2cnn(-c3cccc(Cl)c3)c2C(F)(F)F)c1C1=NNNN1. The molecule has 0 atom stereocenters.